The molecule has 5 nitrogen and oxygen atoms in total. The van der Waals surface area contributed by atoms with E-state index in [1.807, 2.05) is 5.32 Å². The number of nitrogens with zero attached hydrogens (tertiary/aromatic N) is 1. The van der Waals surface area contributed by atoms with Crippen molar-refractivity contribution in [2.45, 2.75) is 24.6 Å². The van der Waals surface area contributed by atoms with Crippen LogP contribution in [0.2, 0.25) is 0 Å². The summed E-state index contributed by atoms with van der Waals surface area (Å²) in [6, 6.07) is 2.18. The Balaban J connectivity index is 2.11. The molecule has 1 aromatic rings. The van der Waals surface area contributed by atoms with E-state index in [1.165, 1.54) is 0 Å². The third-order valence-corrected chi connectivity index (χ3v) is 2.89. The topological polar surface area (TPSA) is 79.3 Å². The van der Waals surface area contributed by atoms with Gasteiger partial charge in [-0.15, -0.1) is 0 Å². The Kier molecular flexibility index (Phi) is 2.95. The van der Waals surface area contributed by atoms with Gasteiger partial charge in [-0.1, -0.05) is 0 Å². The van der Waals surface area contributed by atoms with E-state index in [1.54, 1.807) is 0 Å². The van der Waals surface area contributed by atoms with E-state index < -0.39 is 23.6 Å². The van der Waals surface area contributed by atoms with Crippen molar-refractivity contribution in [1.82, 2.24) is 10.3 Å². The van der Waals surface area contributed by atoms with Crippen LogP contribution < -0.4 is 5.32 Å². The molecule has 1 aliphatic carbocycles. The van der Waals surface area contributed by atoms with E-state index >= 15 is 0 Å². The Bertz CT molecular complexity index is 521. The number of nitrogens with one attached hydrogen (secondary N) is 1. The molecule has 0 bridgehead atoms. The summed E-state index contributed by atoms with van der Waals surface area (Å²) in [6.45, 7) is 0. The van der Waals surface area contributed by atoms with E-state index in [0.717, 1.165) is 18.3 Å². The van der Waals surface area contributed by atoms with Gasteiger partial charge in [-0.05, 0) is 25.0 Å². The summed E-state index contributed by atoms with van der Waals surface area (Å²) >= 11 is 0. The number of carboxylic acid groups (broad SMARTS) is 1. The average molecular weight is 274 g/mol. The van der Waals surface area contributed by atoms with E-state index in [0.29, 0.717) is 0 Å². The molecule has 0 spiro atoms. The lowest BCUT2D eigenvalue weighted by molar-refractivity contribution is -0.163. The lowest BCUT2D eigenvalue weighted by Crippen LogP contribution is -2.47. The fourth-order valence-corrected chi connectivity index (χ4v) is 1.55. The van der Waals surface area contributed by atoms with Crippen LogP contribution in [0.1, 0.15) is 33.7 Å². The van der Waals surface area contributed by atoms with Gasteiger partial charge in [0.2, 0.25) is 0 Å². The molecule has 19 heavy (non-hydrogen) atoms. The van der Waals surface area contributed by atoms with Gasteiger partial charge in [0.25, 0.3) is 5.91 Å². The van der Waals surface area contributed by atoms with Crippen molar-refractivity contribution < 1.29 is 27.9 Å². The molecule has 1 aliphatic rings. The number of pyridine rings is 1. The predicted octanol–water partition coefficient (Wildman–Crippen LogP) is 1.60. The summed E-state index contributed by atoms with van der Waals surface area (Å²) in [5.74, 6) is -2.19. The molecule has 1 fully saturated rings. The zero-order chi connectivity index (χ0) is 14.3. The van der Waals surface area contributed by atoms with E-state index in [4.69, 9.17) is 5.11 Å². The largest absolute Gasteiger partial charge is 0.477 e. The molecule has 1 heterocycles. The van der Waals surface area contributed by atoms with Crippen molar-refractivity contribution in [3.8, 4) is 0 Å². The van der Waals surface area contributed by atoms with Crippen molar-refractivity contribution in [3.63, 3.8) is 0 Å². The summed E-state index contributed by atoms with van der Waals surface area (Å²) < 4.78 is 37.9. The van der Waals surface area contributed by atoms with Crippen molar-refractivity contribution >= 4 is 11.9 Å². The number of hydrogen-bond acceptors (Lipinski definition) is 3. The third-order valence-electron chi connectivity index (χ3n) is 2.89. The Morgan fingerprint density at radius 2 is 1.95 bits per heavy atom. The van der Waals surface area contributed by atoms with Crippen LogP contribution in [-0.4, -0.2) is 33.7 Å². The molecule has 102 valence electrons. The maximum atomic E-state index is 12.6. The van der Waals surface area contributed by atoms with Crippen LogP contribution in [0.5, 0.6) is 0 Å². The first-order chi connectivity index (χ1) is 8.75. The van der Waals surface area contributed by atoms with Gasteiger partial charge in [0.15, 0.2) is 0 Å². The smallest absolute Gasteiger partial charge is 0.411 e. The summed E-state index contributed by atoms with van der Waals surface area (Å²) in [4.78, 5) is 25.6. The van der Waals surface area contributed by atoms with Crippen LogP contribution in [0.25, 0.3) is 0 Å². The highest BCUT2D eigenvalue weighted by Crippen LogP contribution is 2.49. The minimum atomic E-state index is -4.49. The van der Waals surface area contributed by atoms with Crippen LogP contribution >= 0.6 is 0 Å². The summed E-state index contributed by atoms with van der Waals surface area (Å²) in [7, 11) is 0. The number of hydrogen-bond donors (Lipinski definition) is 2. The standard InChI is InChI=1S/C11H9F3N2O3/c12-11(13,14)10(3-4-10)16-8(17)6-1-2-7(9(18)19)15-5-6/h1-2,5H,3-4H2,(H,16,17)(H,18,19). The van der Waals surface area contributed by atoms with Crippen molar-refractivity contribution in [1.29, 1.82) is 0 Å². The number of aromatic carboxylic acids is 1. The zero-order valence-corrected chi connectivity index (χ0v) is 9.49. The second-order valence-corrected chi connectivity index (χ2v) is 4.27. The van der Waals surface area contributed by atoms with Crippen molar-refractivity contribution in [2.24, 2.45) is 0 Å². The molecule has 0 aromatic carbocycles. The van der Waals surface area contributed by atoms with Gasteiger partial charge in [-0.3, -0.25) is 4.79 Å². The molecule has 2 N–H and O–H groups in total. The van der Waals surface area contributed by atoms with Gasteiger partial charge < -0.3 is 10.4 Å². The number of carbonyl (C=O) groups is 2. The molecule has 8 heteroatoms. The highest BCUT2D eigenvalue weighted by molar-refractivity contribution is 5.95. The van der Waals surface area contributed by atoms with Crippen LogP contribution in [0.4, 0.5) is 13.2 Å². The Morgan fingerprint density at radius 1 is 1.32 bits per heavy atom. The molecule has 0 unspecified atom stereocenters. The molecule has 0 saturated heterocycles. The van der Waals surface area contributed by atoms with Crippen LogP contribution in [-0.2, 0) is 0 Å². The molecule has 1 saturated carbocycles. The minimum Gasteiger partial charge on any atom is -0.477 e. The number of rotatable bonds is 3. The normalized spacial score (nSPS) is 16.8. The summed E-state index contributed by atoms with van der Waals surface area (Å²) in [5, 5.41) is 10.5. The maximum Gasteiger partial charge on any atom is 0.411 e. The fraction of sp³-hybridized carbons (Fsp3) is 0.364. The fourth-order valence-electron chi connectivity index (χ4n) is 1.55. The molecular formula is C11H9F3N2O3. The first-order valence-electron chi connectivity index (χ1n) is 5.34. The van der Waals surface area contributed by atoms with Crippen molar-refractivity contribution in [3.05, 3.63) is 29.6 Å². The maximum absolute atomic E-state index is 12.6. The number of amides is 1. The molecular weight excluding hydrogens is 265 g/mol. The quantitative estimate of drug-likeness (QED) is 0.877. The second-order valence-electron chi connectivity index (χ2n) is 4.27. The Morgan fingerprint density at radius 3 is 2.32 bits per heavy atom. The number of aromatic nitrogens is 1. The monoisotopic (exact) mass is 274 g/mol. The number of alkyl halides is 3. The highest BCUT2D eigenvalue weighted by atomic mass is 19.4. The van der Waals surface area contributed by atoms with E-state index in [2.05, 4.69) is 4.98 Å². The van der Waals surface area contributed by atoms with Gasteiger partial charge in [0.1, 0.15) is 11.2 Å². The predicted molar refractivity (Wildman–Crippen MR) is 56.7 cm³/mol. The molecule has 0 radical (unpaired) electrons. The SMILES string of the molecule is O=C(NC1(C(F)(F)F)CC1)c1ccc(C(=O)O)nc1. The number of carbonyl (C=O) groups excluding carboxylic acids is 1. The summed E-state index contributed by atoms with van der Waals surface area (Å²) in [6.07, 6.45) is -3.85. The minimum absolute atomic E-state index is 0.111. The second kappa shape index (κ2) is 4.22. The van der Waals surface area contributed by atoms with E-state index in [9.17, 15) is 22.8 Å². The molecule has 1 amide bonds. The molecule has 2 rings (SSSR count). The first-order valence-corrected chi connectivity index (χ1v) is 5.34. The number of carboxylic acids is 1. The van der Waals surface area contributed by atoms with Crippen LogP contribution in [0.3, 0.4) is 0 Å². The van der Waals surface area contributed by atoms with Crippen LogP contribution in [0.15, 0.2) is 18.3 Å². The first kappa shape index (κ1) is 13.3. The van der Waals surface area contributed by atoms with Gasteiger partial charge in [0.05, 0.1) is 5.56 Å². The van der Waals surface area contributed by atoms with Gasteiger partial charge in [-0.25, -0.2) is 9.78 Å². The molecule has 0 atom stereocenters. The summed E-state index contributed by atoms with van der Waals surface area (Å²) in [5.41, 5.74) is -2.54. The highest BCUT2D eigenvalue weighted by Gasteiger charge is 2.64. The van der Waals surface area contributed by atoms with Gasteiger partial charge >= 0.3 is 12.1 Å². The lowest BCUT2D eigenvalue weighted by Gasteiger charge is -2.20. The Labute approximate surface area is 105 Å². The van der Waals surface area contributed by atoms with Gasteiger partial charge in [0, 0.05) is 6.20 Å². The third kappa shape index (κ3) is 2.51. The molecule has 1 aromatic heterocycles. The van der Waals surface area contributed by atoms with E-state index in [-0.39, 0.29) is 24.1 Å². The lowest BCUT2D eigenvalue weighted by atomic mass is 10.2. The van der Waals surface area contributed by atoms with Crippen molar-refractivity contribution in [2.75, 3.05) is 0 Å². The Hall–Kier alpha value is -2.12. The number of halogens is 3. The van der Waals surface area contributed by atoms with Crippen LogP contribution in [0, 0.1) is 0 Å². The van der Waals surface area contributed by atoms with Gasteiger partial charge in [-0.2, -0.15) is 13.2 Å². The molecule has 0 aliphatic heterocycles. The average Bonchev–Trinajstić information content (AvgIpc) is 3.09. The zero-order valence-electron chi connectivity index (χ0n) is 9.49.